The van der Waals surface area contributed by atoms with E-state index in [-0.39, 0.29) is 5.91 Å². The minimum Gasteiger partial charge on any atom is -0.493 e. The average molecular weight is 506 g/mol. The number of para-hydroxylation sites is 2. The summed E-state index contributed by atoms with van der Waals surface area (Å²) in [6.45, 7) is 1.09. The Balaban J connectivity index is 1.58. The first-order chi connectivity index (χ1) is 17.1. The molecule has 2 aromatic heterocycles. The highest BCUT2D eigenvalue weighted by atomic mass is 32.2. The normalized spacial score (nSPS) is 15.0. The zero-order chi connectivity index (χ0) is 24.4. The largest absolute Gasteiger partial charge is 0.493 e. The third-order valence-corrected chi connectivity index (χ3v) is 6.99. The standard InChI is InChI=1S/C26H23N3O4S2/c1-31-13-7-12-28-25(30)22(35-26(28)34)15-18-16-29(19-9-4-3-5-10-19)27-23(18)21-14-17-8-6-11-20(32-2)24(17)33-21/h3-6,8-11,14-16H,7,12-13H2,1-2H3/b22-15-. The van der Waals surface area contributed by atoms with Crippen LogP contribution >= 0.6 is 24.0 Å². The Kier molecular flexibility index (Phi) is 6.72. The van der Waals surface area contributed by atoms with E-state index in [1.807, 2.05) is 66.9 Å². The summed E-state index contributed by atoms with van der Waals surface area (Å²) in [7, 11) is 3.25. The van der Waals surface area contributed by atoms with Crippen molar-refractivity contribution in [3.8, 4) is 22.9 Å². The lowest BCUT2D eigenvalue weighted by Crippen LogP contribution is -2.29. The Bertz CT molecular complexity index is 1430. The van der Waals surface area contributed by atoms with Crippen LogP contribution in [0.25, 0.3) is 34.2 Å². The molecule has 0 N–H and O–H groups in total. The van der Waals surface area contributed by atoms with Gasteiger partial charge in [0.05, 0.1) is 17.7 Å². The molecule has 0 radical (unpaired) electrons. The zero-order valence-electron chi connectivity index (χ0n) is 19.3. The number of aromatic nitrogens is 2. The maximum Gasteiger partial charge on any atom is 0.266 e. The topological polar surface area (TPSA) is 69.7 Å². The molecule has 178 valence electrons. The van der Waals surface area contributed by atoms with E-state index in [1.165, 1.54) is 11.8 Å². The second-order valence-electron chi connectivity index (χ2n) is 7.88. The van der Waals surface area contributed by atoms with Crippen molar-refractivity contribution in [1.29, 1.82) is 0 Å². The van der Waals surface area contributed by atoms with E-state index in [4.69, 9.17) is 31.2 Å². The van der Waals surface area contributed by atoms with Crippen LogP contribution in [0.1, 0.15) is 12.0 Å². The number of carbonyl (C=O) groups is 1. The lowest BCUT2D eigenvalue weighted by molar-refractivity contribution is -0.122. The summed E-state index contributed by atoms with van der Waals surface area (Å²) in [5.41, 5.74) is 2.92. The summed E-state index contributed by atoms with van der Waals surface area (Å²) >= 11 is 6.77. The van der Waals surface area contributed by atoms with Gasteiger partial charge in [-0.15, -0.1) is 0 Å². The maximum atomic E-state index is 13.1. The zero-order valence-corrected chi connectivity index (χ0v) is 20.9. The highest BCUT2D eigenvalue weighted by Crippen LogP contribution is 2.37. The van der Waals surface area contributed by atoms with E-state index in [2.05, 4.69) is 0 Å². The summed E-state index contributed by atoms with van der Waals surface area (Å²) in [5.74, 6) is 1.12. The van der Waals surface area contributed by atoms with Crippen molar-refractivity contribution < 1.29 is 18.7 Å². The molecule has 2 aromatic carbocycles. The molecule has 0 saturated carbocycles. The lowest BCUT2D eigenvalue weighted by Gasteiger charge is -2.13. The number of fused-ring (bicyclic) bond motifs is 1. The second-order valence-corrected chi connectivity index (χ2v) is 9.56. The molecule has 4 aromatic rings. The number of nitrogens with zero attached hydrogens (tertiary/aromatic N) is 3. The molecule has 35 heavy (non-hydrogen) atoms. The summed E-state index contributed by atoms with van der Waals surface area (Å²) in [6.07, 6.45) is 4.45. The maximum absolute atomic E-state index is 13.1. The number of ether oxygens (including phenoxy) is 2. The predicted molar refractivity (Wildman–Crippen MR) is 142 cm³/mol. The van der Waals surface area contributed by atoms with Crippen molar-refractivity contribution >= 4 is 51.3 Å². The monoisotopic (exact) mass is 505 g/mol. The summed E-state index contributed by atoms with van der Waals surface area (Å²) < 4.78 is 19.1. The average Bonchev–Trinajstić information content (AvgIpc) is 3.56. The van der Waals surface area contributed by atoms with Gasteiger partial charge in [0.25, 0.3) is 5.91 Å². The fraction of sp³-hybridized carbons (Fsp3) is 0.192. The first kappa shape index (κ1) is 23.3. The van der Waals surface area contributed by atoms with Crippen LogP contribution in [0.15, 0.2) is 70.1 Å². The van der Waals surface area contributed by atoms with Gasteiger partial charge in [0.2, 0.25) is 0 Å². The van der Waals surface area contributed by atoms with Gasteiger partial charge in [-0.05, 0) is 36.8 Å². The molecule has 1 fully saturated rings. The van der Waals surface area contributed by atoms with Gasteiger partial charge in [-0.2, -0.15) is 5.10 Å². The molecule has 0 spiro atoms. The molecule has 1 aliphatic heterocycles. The molecule has 0 aliphatic carbocycles. The van der Waals surface area contributed by atoms with E-state index in [1.54, 1.807) is 23.8 Å². The third-order valence-electron chi connectivity index (χ3n) is 5.61. The number of benzene rings is 2. The number of rotatable bonds is 8. The quantitative estimate of drug-likeness (QED) is 0.177. The molecule has 5 rings (SSSR count). The van der Waals surface area contributed by atoms with Gasteiger partial charge < -0.3 is 13.9 Å². The van der Waals surface area contributed by atoms with Crippen LogP contribution in [0.5, 0.6) is 5.75 Å². The van der Waals surface area contributed by atoms with Crippen LogP contribution in [-0.2, 0) is 9.53 Å². The van der Waals surface area contributed by atoms with Crippen LogP contribution in [0.4, 0.5) is 0 Å². The van der Waals surface area contributed by atoms with E-state index in [0.29, 0.717) is 51.6 Å². The smallest absolute Gasteiger partial charge is 0.266 e. The molecule has 3 heterocycles. The Morgan fingerprint density at radius 1 is 1.14 bits per heavy atom. The molecular formula is C26H23N3O4S2. The van der Waals surface area contributed by atoms with E-state index >= 15 is 0 Å². The van der Waals surface area contributed by atoms with E-state index in [9.17, 15) is 4.79 Å². The number of hydrogen-bond acceptors (Lipinski definition) is 7. The second kappa shape index (κ2) is 10.1. The van der Waals surface area contributed by atoms with Crippen molar-refractivity contribution in [3.63, 3.8) is 0 Å². The molecule has 9 heteroatoms. The number of thioether (sulfide) groups is 1. The van der Waals surface area contributed by atoms with Gasteiger partial charge >= 0.3 is 0 Å². The van der Waals surface area contributed by atoms with Gasteiger partial charge in [-0.3, -0.25) is 9.69 Å². The minimum absolute atomic E-state index is 0.110. The molecule has 1 aliphatic rings. The van der Waals surface area contributed by atoms with E-state index in [0.717, 1.165) is 16.6 Å². The first-order valence-electron chi connectivity index (χ1n) is 11.1. The summed E-state index contributed by atoms with van der Waals surface area (Å²) in [6, 6.07) is 17.5. The van der Waals surface area contributed by atoms with Crippen LogP contribution < -0.4 is 4.74 Å². The van der Waals surface area contributed by atoms with E-state index < -0.39 is 0 Å². The number of amides is 1. The van der Waals surface area contributed by atoms with Crippen molar-refractivity contribution in [1.82, 2.24) is 14.7 Å². The number of hydrogen-bond donors (Lipinski definition) is 0. The SMILES string of the molecule is COCCCN1C(=O)/C(=C/c2cn(-c3ccccc3)nc2-c2cc3cccc(OC)c3o2)SC1=S. The van der Waals surface area contributed by atoms with Crippen molar-refractivity contribution in [2.24, 2.45) is 0 Å². The third kappa shape index (κ3) is 4.62. The number of thiocarbonyl (C=S) groups is 1. The molecule has 0 atom stereocenters. The van der Waals surface area contributed by atoms with Gasteiger partial charge in [-0.1, -0.05) is 54.3 Å². The minimum atomic E-state index is -0.110. The number of furan rings is 1. The molecule has 0 unspecified atom stereocenters. The highest BCUT2D eigenvalue weighted by Gasteiger charge is 2.32. The summed E-state index contributed by atoms with van der Waals surface area (Å²) in [4.78, 5) is 15.3. The van der Waals surface area contributed by atoms with Gasteiger partial charge in [-0.25, -0.2) is 4.68 Å². The Morgan fingerprint density at radius 2 is 1.97 bits per heavy atom. The lowest BCUT2D eigenvalue weighted by atomic mass is 10.1. The van der Waals surface area contributed by atoms with Crippen LogP contribution in [0.2, 0.25) is 0 Å². The Labute approximate surface area is 212 Å². The summed E-state index contributed by atoms with van der Waals surface area (Å²) in [5, 5.41) is 5.73. The first-order valence-corrected chi connectivity index (χ1v) is 12.3. The number of methoxy groups -OCH3 is 2. The Hall–Kier alpha value is -3.40. The molecule has 1 amide bonds. The fourth-order valence-corrected chi connectivity index (χ4v) is 5.21. The van der Waals surface area contributed by atoms with Crippen molar-refractivity contribution in [2.45, 2.75) is 6.42 Å². The molecule has 7 nitrogen and oxygen atoms in total. The molecule has 1 saturated heterocycles. The van der Waals surface area contributed by atoms with Gasteiger partial charge in [0, 0.05) is 37.4 Å². The Morgan fingerprint density at radius 3 is 2.74 bits per heavy atom. The van der Waals surface area contributed by atoms with Crippen LogP contribution in [0, 0.1) is 0 Å². The van der Waals surface area contributed by atoms with Crippen LogP contribution in [-0.4, -0.2) is 52.3 Å². The van der Waals surface area contributed by atoms with Gasteiger partial charge in [0.1, 0.15) is 10.0 Å². The van der Waals surface area contributed by atoms with Crippen molar-refractivity contribution in [2.75, 3.05) is 27.4 Å². The van der Waals surface area contributed by atoms with Crippen molar-refractivity contribution in [3.05, 3.63) is 71.3 Å². The highest BCUT2D eigenvalue weighted by molar-refractivity contribution is 8.26. The van der Waals surface area contributed by atoms with Gasteiger partial charge in [0.15, 0.2) is 17.1 Å². The predicted octanol–water partition coefficient (Wildman–Crippen LogP) is 5.53. The molecular weight excluding hydrogens is 482 g/mol. The van der Waals surface area contributed by atoms with Crippen LogP contribution in [0.3, 0.4) is 0 Å². The molecule has 0 bridgehead atoms. The number of carbonyl (C=O) groups excluding carboxylic acids is 1. The fourth-order valence-electron chi connectivity index (χ4n) is 3.91.